The molecule has 1 aromatic heterocycles. The minimum absolute atomic E-state index is 0.00406. The Morgan fingerprint density at radius 1 is 1.24 bits per heavy atom. The highest BCUT2D eigenvalue weighted by atomic mass is 19.1. The third-order valence-corrected chi connectivity index (χ3v) is 4.98. The lowest BCUT2D eigenvalue weighted by Gasteiger charge is -2.32. The molecular weight excluding hydrogens is 321 g/mol. The molecule has 0 saturated carbocycles. The van der Waals surface area contributed by atoms with Gasteiger partial charge in [0.2, 0.25) is 11.8 Å². The van der Waals surface area contributed by atoms with Gasteiger partial charge in [-0.05, 0) is 48.2 Å². The first-order chi connectivity index (χ1) is 12.1. The second kappa shape index (κ2) is 6.27. The Hall–Kier alpha value is -2.76. The minimum atomic E-state index is -0.563. The highest BCUT2D eigenvalue weighted by Gasteiger charge is 2.38. The van der Waals surface area contributed by atoms with Crippen molar-refractivity contribution in [1.29, 1.82) is 0 Å². The van der Waals surface area contributed by atoms with Crippen LogP contribution in [0.5, 0.6) is 0 Å². The van der Waals surface area contributed by atoms with Crippen molar-refractivity contribution in [3.05, 3.63) is 59.7 Å². The van der Waals surface area contributed by atoms with Crippen molar-refractivity contribution < 1.29 is 14.0 Å². The van der Waals surface area contributed by atoms with E-state index in [0.717, 1.165) is 18.4 Å². The summed E-state index contributed by atoms with van der Waals surface area (Å²) in [5.41, 5.74) is 2.14. The van der Waals surface area contributed by atoms with Gasteiger partial charge in [0.1, 0.15) is 5.82 Å². The number of benzene rings is 1. The maximum absolute atomic E-state index is 13.5. The Morgan fingerprint density at radius 3 is 2.84 bits per heavy atom. The molecule has 4 rings (SSSR count). The van der Waals surface area contributed by atoms with Gasteiger partial charge >= 0.3 is 0 Å². The number of halogens is 1. The van der Waals surface area contributed by atoms with Gasteiger partial charge in [0, 0.05) is 31.0 Å². The van der Waals surface area contributed by atoms with Crippen LogP contribution in [0.25, 0.3) is 0 Å². The van der Waals surface area contributed by atoms with Crippen LogP contribution in [0.15, 0.2) is 42.7 Å². The highest BCUT2D eigenvalue weighted by molar-refractivity contribution is 6.01. The number of hydrogen-bond donors (Lipinski definition) is 1. The summed E-state index contributed by atoms with van der Waals surface area (Å²) in [5.74, 6) is -1.31. The number of carbonyl (C=O) groups excluding carboxylic acids is 2. The fourth-order valence-corrected chi connectivity index (χ4v) is 3.82. The van der Waals surface area contributed by atoms with E-state index >= 15 is 0 Å². The summed E-state index contributed by atoms with van der Waals surface area (Å²) >= 11 is 0. The van der Waals surface area contributed by atoms with Crippen molar-refractivity contribution in [1.82, 2.24) is 9.88 Å². The molecule has 1 aromatic carbocycles. The molecule has 2 aliphatic rings. The number of anilines is 1. The Kier molecular flexibility index (Phi) is 3.95. The molecule has 0 bridgehead atoms. The molecule has 0 unspecified atom stereocenters. The monoisotopic (exact) mass is 339 g/mol. The van der Waals surface area contributed by atoms with Crippen molar-refractivity contribution in [3.8, 4) is 0 Å². The SMILES string of the molecule is O=C1C[C@@H](C(=O)N2CCC[C@@H]2c2ccncc2)c2ccc(F)cc2N1. The molecule has 128 valence electrons. The van der Waals surface area contributed by atoms with Crippen molar-refractivity contribution >= 4 is 17.5 Å². The van der Waals surface area contributed by atoms with Crippen molar-refractivity contribution in [2.45, 2.75) is 31.2 Å². The van der Waals surface area contributed by atoms with E-state index < -0.39 is 11.7 Å². The van der Waals surface area contributed by atoms with Gasteiger partial charge in [0.25, 0.3) is 0 Å². The third kappa shape index (κ3) is 2.88. The third-order valence-electron chi connectivity index (χ3n) is 4.98. The van der Waals surface area contributed by atoms with Gasteiger partial charge in [0.05, 0.1) is 12.0 Å². The lowest BCUT2D eigenvalue weighted by atomic mass is 9.88. The first kappa shape index (κ1) is 15.7. The molecule has 1 saturated heterocycles. The maximum Gasteiger partial charge on any atom is 0.231 e. The average molecular weight is 339 g/mol. The number of likely N-dealkylation sites (tertiary alicyclic amines) is 1. The molecule has 5 nitrogen and oxygen atoms in total. The van der Waals surface area contributed by atoms with Crippen molar-refractivity contribution in [2.75, 3.05) is 11.9 Å². The molecule has 3 heterocycles. The van der Waals surface area contributed by atoms with E-state index in [-0.39, 0.29) is 24.3 Å². The van der Waals surface area contributed by atoms with E-state index in [1.54, 1.807) is 18.5 Å². The van der Waals surface area contributed by atoms with Gasteiger partial charge in [-0.15, -0.1) is 0 Å². The predicted molar refractivity (Wildman–Crippen MR) is 90.3 cm³/mol. The van der Waals surface area contributed by atoms with Crippen LogP contribution in [-0.2, 0) is 9.59 Å². The summed E-state index contributed by atoms with van der Waals surface area (Å²) in [4.78, 5) is 31.1. The molecule has 2 amide bonds. The zero-order valence-corrected chi connectivity index (χ0v) is 13.6. The van der Waals surface area contributed by atoms with Crippen LogP contribution in [0.2, 0.25) is 0 Å². The van der Waals surface area contributed by atoms with Crippen molar-refractivity contribution in [2.24, 2.45) is 0 Å². The summed E-state index contributed by atoms with van der Waals surface area (Å²) in [6, 6.07) is 8.06. The molecule has 2 atom stereocenters. The zero-order valence-electron chi connectivity index (χ0n) is 13.6. The second-order valence-corrected chi connectivity index (χ2v) is 6.51. The van der Waals surface area contributed by atoms with Gasteiger partial charge in [0.15, 0.2) is 0 Å². The van der Waals surface area contributed by atoms with E-state index in [9.17, 15) is 14.0 Å². The summed E-state index contributed by atoms with van der Waals surface area (Å²) < 4.78 is 13.5. The van der Waals surface area contributed by atoms with Crippen LogP contribution in [0.1, 0.15) is 42.3 Å². The van der Waals surface area contributed by atoms with Crippen LogP contribution in [0.4, 0.5) is 10.1 Å². The fourth-order valence-electron chi connectivity index (χ4n) is 3.82. The standard InChI is InChI=1S/C19H18FN3O2/c20-13-3-4-14-15(11-18(24)22-16(14)10-13)19(25)23-9-1-2-17(23)12-5-7-21-8-6-12/h3-8,10,15,17H,1-2,9,11H2,(H,22,24)/t15-,17-/m1/s1. The predicted octanol–water partition coefficient (Wildman–Crippen LogP) is 3.01. The largest absolute Gasteiger partial charge is 0.335 e. The number of pyridine rings is 1. The first-order valence-corrected chi connectivity index (χ1v) is 8.43. The molecule has 2 aliphatic heterocycles. The average Bonchev–Trinajstić information content (AvgIpc) is 3.10. The number of amides is 2. The maximum atomic E-state index is 13.5. The molecule has 25 heavy (non-hydrogen) atoms. The lowest BCUT2D eigenvalue weighted by Crippen LogP contribution is -2.38. The Morgan fingerprint density at radius 2 is 2.04 bits per heavy atom. The summed E-state index contributed by atoms with van der Waals surface area (Å²) in [7, 11) is 0. The van der Waals surface area contributed by atoms with Gasteiger partial charge in [-0.25, -0.2) is 4.39 Å². The van der Waals surface area contributed by atoms with Crippen LogP contribution >= 0.6 is 0 Å². The van der Waals surface area contributed by atoms with E-state index in [1.807, 2.05) is 17.0 Å². The molecule has 0 radical (unpaired) electrons. The molecular formula is C19H18FN3O2. The number of carbonyl (C=O) groups is 2. The van der Waals surface area contributed by atoms with E-state index in [4.69, 9.17) is 0 Å². The summed E-state index contributed by atoms with van der Waals surface area (Å²) in [5, 5.41) is 2.66. The van der Waals surface area contributed by atoms with Crippen molar-refractivity contribution in [3.63, 3.8) is 0 Å². The molecule has 6 heteroatoms. The number of rotatable bonds is 2. The zero-order chi connectivity index (χ0) is 17.4. The molecule has 1 fully saturated rings. The van der Waals surface area contributed by atoms with Gasteiger partial charge in [-0.1, -0.05) is 6.07 Å². The number of fused-ring (bicyclic) bond motifs is 1. The number of nitrogens with one attached hydrogen (secondary N) is 1. The smallest absolute Gasteiger partial charge is 0.231 e. The molecule has 0 aliphatic carbocycles. The van der Waals surface area contributed by atoms with Gasteiger partial charge in [-0.2, -0.15) is 0 Å². The topological polar surface area (TPSA) is 62.3 Å². The second-order valence-electron chi connectivity index (χ2n) is 6.51. The number of aromatic nitrogens is 1. The quantitative estimate of drug-likeness (QED) is 0.915. The first-order valence-electron chi connectivity index (χ1n) is 8.43. The Bertz CT molecular complexity index is 825. The van der Waals surface area contributed by atoms with Crippen LogP contribution in [-0.4, -0.2) is 28.2 Å². The Labute approximate surface area is 144 Å². The van der Waals surface area contributed by atoms with Gasteiger partial charge in [-0.3, -0.25) is 14.6 Å². The lowest BCUT2D eigenvalue weighted by molar-refractivity contribution is -0.135. The van der Waals surface area contributed by atoms with E-state index in [2.05, 4.69) is 10.3 Å². The van der Waals surface area contributed by atoms with Gasteiger partial charge < -0.3 is 10.2 Å². The van der Waals surface area contributed by atoms with Crippen LogP contribution < -0.4 is 5.32 Å². The normalized spacial score (nSPS) is 22.4. The fraction of sp³-hybridized carbons (Fsp3) is 0.316. The van der Waals surface area contributed by atoms with E-state index in [0.29, 0.717) is 17.8 Å². The molecule has 2 aromatic rings. The molecule has 1 N–H and O–H groups in total. The minimum Gasteiger partial charge on any atom is -0.335 e. The number of nitrogens with zero attached hydrogens (tertiary/aromatic N) is 2. The summed E-state index contributed by atoms with van der Waals surface area (Å²) in [6.45, 7) is 0.667. The van der Waals surface area contributed by atoms with Crippen LogP contribution in [0.3, 0.4) is 0 Å². The Balaban J connectivity index is 1.66. The number of hydrogen-bond acceptors (Lipinski definition) is 3. The molecule has 0 spiro atoms. The van der Waals surface area contributed by atoms with Crippen LogP contribution in [0, 0.1) is 5.82 Å². The summed E-state index contributed by atoms with van der Waals surface area (Å²) in [6.07, 6.45) is 5.36. The highest BCUT2D eigenvalue weighted by Crippen LogP contribution is 2.39. The van der Waals surface area contributed by atoms with E-state index in [1.165, 1.54) is 12.1 Å².